The minimum atomic E-state index is -1.27. The van der Waals surface area contributed by atoms with Gasteiger partial charge in [0.05, 0.1) is 5.69 Å². The summed E-state index contributed by atoms with van der Waals surface area (Å²) >= 11 is 0. The highest BCUT2D eigenvalue weighted by atomic mass is 16.3. The van der Waals surface area contributed by atoms with Crippen molar-refractivity contribution in [3.63, 3.8) is 0 Å². The number of carbonyl (C=O) groups excluding carboxylic acids is 1. The fourth-order valence-corrected chi connectivity index (χ4v) is 2.30. The number of carbonyl (C=O) groups is 1. The molecule has 0 aliphatic rings. The summed E-state index contributed by atoms with van der Waals surface area (Å²) in [7, 11) is 0. The van der Waals surface area contributed by atoms with Crippen LogP contribution in [0.1, 0.15) is 37.1 Å². The van der Waals surface area contributed by atoms with Crippen LogP contribution in [0.2, 0.25) is 0 Å². The monoisotopic (exact) mass is 337 g/mol. The summed E-state index contributed by atoms with van der Waals surface area (Å²) in [4.78, 5) is 20.8. The van der Waals surface area contributed by atoms with Crippen LogP contribution >= 0.6 is 0 Å². The molecule has 1 aromatic carbocycles. The maximum Gasteiger partial charge on any atom is 0.258 e. The van der Waals surface area contributed by atoms with E-state index in [1.807, 2.05) is 19.9 Å². The number of amides is 1. The molecule has 2 aromatic heterocycles. The van der Waals surface area contributed by atoms with Crippen molar-refractivity contribution in [2.75, 3.05) is 5.32 Å². The molecule has 2 heterocycles. The molecule has 0 bridgehead atoms. The van der Waals surface area contributed by atoms with Gasteiger partial charge in [-0.2, -0.15) is 9.78 Å². The third-order valence-electron chi connectivity index (χ3n) is 3.68. The molecule has 25 heavy (non-hydrogen) atoms. The molecule has 7 nitrogen and oxygen atoms in total. The van der Waals surface area contributed by atoms with E-state index < -0.39 is 12.0 Å². The highest BCUT2D eigenvalue weighted by Gasteiger charge is 2.21. The van der Waals surface area contributed by atoms with E-state index in [0.29, 0.717) is 17.3 Å². The van der Waals surface area contributed by atoms with Gasteiger partial charge in [0.1, 0.15) is 5.82 Å². The van der Waals surface area contributed by atoms with Crippen LogP contribution in [0.25, 0.3) is 5.95 Å². The van der Waals surface area contributed by atoms with E-state index >= 15 is 0 Å². The van der Waals surface area contributed by atoms with Crippen LogP contribution in [0.15, 0.2) is 54.9 Å². The number of hydrogen-bond acceptors (Lipinski definition) is 5. The number of aliphatic hydroxyl groups excluding tert-OH is 1. The van der Waals surface area contributed by atoms with E-state index in [-0.39, 0.29) is 5.92 Å². The van der Waals surface area contributed by atoms with Gasteiger partial charge in [-0.25, -0.2) is 9.97 Å². The van der Waals surface area contributed by atoms with E-state index in [1.165, 1.54) is 4.68 Å². The molecule has 1 unspecified atom stereocenters. The third-order valence-corrected chi connectivity index (χ3v) is 3.68. The molecule has 0 saturated heterocycles. The quantitative estimate of drug-likeness (QED) is 0.746. The molecule has 128 valence electrons. The van der Waals surface area contributed by atoms with Gasteiger partial charge < -0.3 is 10.4 Å². The second kappa shape index (κ2) is 7.23. The molecular weight excluding hydrogens is 318 g/mol. The Labute approximate surface area is 145 Å². The van der Waals surface area contributed by atoms with Gasteiger partial charge in [0.15, 0.2) is 6.10 Å². The molecule has 0 aliphatic carbocycles. The summed E-state index contributed by atoms with van der Waals surface area (Å²) in [5, 5.41) is 17.4. The molecule has 1 amide bonds. The van der Waals surface area contributed by atoms with E-state index in [4.69, 9.17) is 0 Å². The topological polar surface area (TPSA) is 92.9 Å². The number of nitrogens with one attached hydrogen (secondary N) is 1. The first kappa shape index (κ1) is 16.8. The van der Waals surface area contributed by atoms with Gasteiger partial charge in [-0.15, -0.1) is 0 Å². The second-order valence-electron chi connectivity index (χ2n) is 5.87. The van der Waals surface area contributed by atoms with Crippen molar-refractivity contribution in [3.8, 4) is 5.95 Å². The standard InChI is InChI=1S/C18H19N5O2/c1-12(2)14-11-15(23(22-14)18-19-9-6-10-20-18)21-17(25)16(24)13-7-4-3-5-8-13/h3-12,16,24H,1-2H3,(H,21,25). The number of aromatic nitrogens is 4. The van der Waals surface area contributed by atoms with Crippen LogP contribution in [0, 0.1) is 0 Å². The number of nitrogens with zero attached hydrogens (tertiary/aromatic N) is 4. The normalized spacial score (nSPS) is 12.2. The molecule has 7 heteroatoms. The minimum absolute atomic E-state index is 0.166. The van der Waals surface area contributed by atoms with Crippen LogP contribution in [0.4, 0.5) is 5.82 Å². The average Bonchev–Trinajstić information content (AvgIpc) is 3.06. The summed E-state index contributed by atoms with van der Waals surface area (Å²) in [5.74, 6) is 0.382. The van der Waals surface area contributed by atoms with E-state index in [2.05, 4.69) is 20.4 Å². The third kappa shape index (κ3) is 3.72. The minimum Gasteiger partial charge on any atom is -0.378 e. The van der Waals surface area contributed by atoms with Gasteiger partial charge in [-0.1, -0.05) is 44.2 Å². The van der Waals surface area contributed by atoms with Crippen LogP contribution < -0.4 is 5.32 Å². The van der Waals surface area contributed by atoms with E-state index in [9.17, 15) is 9.90 Å². The first-order valence-electron chi connectivity index (χ1n) is 7.97. The first-order chi connectivity index (χ1) is 12.1. The highest BCUT2D eigenvalue weighted by Crippen LogP contribution is 2.22. The summed E-state index contributed by atoms with van der Waals surface area (Å²) < 4.78 is 1.46. The molecule has 0 spiro atoms. The lowest BCUT2D eigenvalue weighted by Crippen LogP contribution is -2.22. The van der Waals surface area contributed by atoms with Crippen molar-refractivity contribution in [3.05, 3.63) is 66.1 Å². The maximum atomic E-state index is 12.4. The molecule has 0 saturated carbocycles. The van der Waals surface area contributed by atoms with Gasteiger partial charge in [-0.05, 0) is 17.5 Å². The molecule has 3 rings (SSSR count). The lowest BCUT2D eigenvalue weighted by molar-refractivity contribution is -0.124. The zero-order valence-electron chi connectivity index (χ0n) is 14.0. The Morgan fingerprint density at radius 3 is 2.44 bits per heavy atom. The van der Waals surface area contributed by atoms with Crippen LogP contribution in [-0.4, -0.2) is 30.8 Å². The Hall–Kier alpha value is -3.06. The zero-order valence-corrected chi connectivity index (χ0v) is 14.0. The summed E-state index contributed by atoms with van der Waals surface area (Å²) in [5.41, 5.74) is 1.31. The van der Waals surface area contributed by atoms with Gasteiger partial charge in [0.2, 0.25) is 0 Å². The average molecular weight is 337 g/mol. The van der Waals surface area contributed by atoms with Crippen molar-refractivity contribution in [2.24, 2.45) is 0 Å². The van der Waals surface area contributed by atoms with Gasteiger partial charge in [0, 0.05) is 18.5 Å². The predicted octanol–water partition coefficient (Wildman–Crippen LogP) is 2.46. The highest BCUT2D eigenvalue weighted by molar-refractivity contribution is 5.94. The fraction of sp³-hybridized carbons (Fsp3) is 0.222. The Morgan fingerprint density at radius 1 is 1.12 bits per heavy atom. The maximum absolute atomic E-state index is 12.4. The first-order valence-corrected chi connectivity index (χ1v) is 7.97. The van der Waals surface area contributed by atoms with Crippen LogP contribution in [0.3, 0.4) is 0 Å². The van der Waals surface area contributed by atoms with E-state index in [0.717, 1.165) is 5.69 Å². The Morgan fingerprint density at radius 2 is 1.80 bits per heavy atom. The van der Waals surface area contributed by atoms with Crippen LogP contribution in [0.5, 0.6) is 0 Å². The Bertz CT molecular complexity index is 846. The van der Waals surface area contributed by atoms with Crippen molar-refractivity contribution in [2.45, 2.75) is 25.9 Å². The summed E-state index contributed by atoms with van der Waals surface area (Å²) in [6, 6.07) is 12.2. The van der Waals surface area contributed by atoms with Crippen molar-refractivity contribution in [1.82, 2.24) is 19.7 Å². The van der Waals surface area contributed by atoms with Crippen molar-refractivity contribution in [1.29, 1.82) is 0 Å². The molecular formula is C18H19N5O2. The lowest BCUT2D eigenvalue weighted by Gasteiger charge is -2.12. The van der Waals surface area contributed by atoms with Crippen molar-refractivity contribution < 1.29 is 9.90 Å². The second-order valence-corrected chi connectivity index (χ2v) is 5.87. The molecule has 0 aliphatic heterocycles. The van der Waals surface area contributed by atoms with Gasteiger partial charge in [0.25, 0.3) is 11.9 Å². The summed E-state index contributed by atoms with van der Waals surface area (Å²) in [6.07, 6.45) is 1.93. The van der Waals surface area contributed by atoms with E-state index in [1.54, 1.807) is 48.8 Å². The Balaban J connectivity index is 1.90. The number of anilines is 1. The Kier molecular flexibility index (Phi) is 4.85. The SMILES string of the molecule is CC(C)c1cc(NC(=O)C(O)c2ccccc2)n(-c2ncccn2)n1. The smallest absolute Gasteiger partial charge is 0.258 e. The molecule has 2 N–H and O–H groups in total. The summed E-state index contributed by atoms with van der Waals surface area (Å²) in [6.45, 7) is 4.01. The number of benzene rings is 1. The molecule has 0 radical (unpaired) electrons. The largest absolute Gasteiger partial charge is 0.378 e. The fourth-order valence-electron chi connectivity index (χ4n) is 2.30. The number of rotatable bonds is 5. The van der Waals surface area contributed by atoms with Gasteiger partial charge >= 0.3 is 0 Å². The predicted molar refractivity (Wildman–Crippen MR) is 93.3 cm³/mol. The number of aliphatic hydroxyl groups is 1. The molecule has 0 fully saturated rings. The molecule has 3 aromatic rings. The van der Waals surface area contributed by atoms with Crippen LogP contribution in [-0.2, 0) is 4.79 Å². The van der Waals surface area contributed by atoms with Crippen molar-refractivity contribution >= 4 is 11.7 Å². The molecule has 1 atom stereocenters. The van der Waals surface area contributed by atoms with Gasteiger partial charge in [-0.3, -0.25) is 4.79 Å². The lowest BCUT2D eigenvalue weighted by atomic mass is 10.1. The zero-order chi connectivity index (χ0) is 17.8. The number of hydrogen-bond donors (Lipinski definition) is 2.